The number of carbonyl (C=O) groups is 1. The van der Waals surface area contributed by atoms with Crippen LogP contribution < -0.4 is 10.1 Å². The molecule has 132 valence electrons. The lowest BCUT2D eigenvalue weighted by atomic mass is 10.2. The van der Waals surface area contributed by atoms with Crippen LogP contribution in [-0.2, 0) is 0 Å². The first-order valence-corrected chi connectivity index (χ1v) is 7.62. The maximum atomic E-state index is 12.4. The molecule has 1 aromatic heterocycles. The average Bonchev–Trinajstić information content (AvgIpc) is 3.04. The molecule has 0 saturated heterocycles. The number of nitrogens with one attached hydrogen (secondary N) is 1. The van der Waals surface area contributed by atoms with Gasteiger partial charge >= 0.3 is 0 Å². The first kappa shape index (κ1) is 17.1. The van der Waals surface area contributed by atoms with Crippen LogP contribution in [0.1, 0.15) is 16.2 Å². The molecule has 0 fully saturated rings. The summed E-state index contributed by atoms with van der Waals surface area (Å²) in [6.45, 7) is 1.67. The minimum Gasteiger partial charge on any atom is -0.497 e. The number of rotatable bonds is 5. The monoisotopic (exact) mass is 353 g/mol. The Labute approximate surface area is 148 Å². The minimum atomic E-state index is -0.493. The maximum absolute atomic E-state index is 12.4. The minimum absolute atomic E-state index is 0.0679. The number of nitro benzene ring substituents is 1. The Balaban J connectivity index is 1.85. The summed E-state index contributed by atoms with van der Waals surface area (Å²) in [4.78, 5) is 22.9. The Hall–Kier alpha value is -3.75. The van der Waals surface area contributed by atoms with Crippen molar-refractivity contribution in [3.05, 3.63) is 70.0 Å². The molecule has 3 aromatic rings. The molecule has 26 heavy (non-hydrogen) atoms. The molecule has 0 saturated carbocycles. The second kappa shape index (κ2) is 7.01. The number of ether oxygens (including phenoxy) is 1. The molecule has 9 nitrogen and oxygen atoms in total. The van der Waals surface area contributed by atoms with E-state index in [0.717, 1.165) is 0 Å². The maximum Gasteiger partial charge on any atom is 0.278 e. The van der Waals surface area contributed by atoms with E-state index in [9.17, 15) is 14.9 Å². The highest BCUT2D eigenvalue weighted by atomic mass is 16.6. The van der Waals surface area contributed by atoms with Gasteiger partial charge < -0.3 is 10.1 Å². The fourth-order valence-electron chi connectivity index (χ4n) is 2.39. The standard InChI is InChI=1S/C17H15N5O4/c1-11-16(17(23)18-12-6-8-15(26-2)9-7-12)19-20-21(11)13-4-3-5-14(10-13)22(24)25/h3-10H,1-2H3,(H,18,23). The van der Waals surface area contributed by atoms with Crippen molar-refractivity contribution in [3.63, 3.8) is 0 Å². The number of hydrogen-bond acceptors (Lipinski definition) is 6. The van der Waals surface area contributed by atoms with Gasteiger partial charge in [0, 0.05) is 17.8 Å². The Kier molecular flexibility index (Phi) is 4.61. The molecule has 0 aliphatic rings. The van der Waals surface area contributed by atoms with E-state index in [1.807, 2.05) is 0 Å². The number of non-ortho nitro benzene ring substituents is 1. The van der Waals surface area contributed by atoms with Gasteiger partial charge in [0.05, 0.1) is 23.4 Å². The van der Waals surface area contributed by atoms with Crippen molar-refractivity contribution in [2.75, 3.05) is 12.4 Å². The Morgan fingerprint density at radius 3 is 2.62 bits per heavy atom. The lowest BCUT2D eigenvalue weighted by molar-refractivity contribution is -0.384. The number of benzene rings is 2. The predicted molar refractivity (Wildman–Crippen MR) is 93.7 cm³/mol. The van der Waals surface area contributed by atoms with Crippen molar-refractivity contribution in [2.24, 2.45) is 0 Å². The van der Waals surface area contributed by atoms with Gasteiger partial charge in [-0.25, -0.2) is 4.68 Å². The third-order valence-corrected chi connectivity index (χ3v) is 3.74. The summed E-state index contributed by atoms with van der Waals surface area (Å²) in [7, 11) is 1.56. The first-order valence-electron chi connectivity index (χ1n) is 7.62. The van der Waals surface area contributed by atoms with Gasteiger partial charge in [0.15, 0.2) is 5.69 Å². The highest BCUT2D eigenvalue weighted by molar-refractivity contribution is 6.03. The van der Waals surface area contributed by atoms with E-state index in [-0.39, 0.29) is 11.4 Å². The molecule has 0 atom stereocenters. The molecule has 0 radical (unpaired) electrons. The number of hydrogen-bond donors (Lipinski definition) is 1. The number of carbonyl (C=O) groups excluding carboxylic acids is 1. The zero-order valence-electron chi connectivity index (χ0n) is 14.0. The molecule has 0 unspecified atom stereocenters. The van der Waals surface area contributed by atoms with E-state index in [2.05, 4.69) is 15.6 Å². The van der Waals surface area contributed by atoms with Crippen molar-refractivity contribution < 1.29 is 14.5 Å². The third-order valence-electron chi connectivity index (χ3n) is 3.74. The molecule has 0 aliphatic carbocycles. The zero-order valence-corrected chi connectivity index (χ0v) is 14.0. The van der Waals surface area contributed by atoms with E-state index in [1.54, 1.807) is 50.4 Å². The number of nitrogens with zero attached hydrogens (tertiary/aromatic N) is 4. The van der Waals surface area contributed by atoms with Gasteiger partial charge in [0.2, 0.25) is 0 Å². The van der Waals surface area contributed by atoms with Crippen molar-refractivity contribution in [3.8, 4) is 11.4 Å². The Morgan fingerprint density at radius 2 is 1.96 bits per heavy atom. The summed E-state index contributed by atoms with van der Waals surface area (Å²) in [6, 6.07) is 12.8. The molecule has 9 heteroatoms. The molecule has 1 N–H and O–H groups in total. The fourth-order valence-corrected chi connectivity index (χ4v) is 2.39. The van der Waals surface area contributed by atoms with Gasteiger partial charge in [-0.3, -0.25) is 14.9 Å². The zero-order chi connectivity index (χ0) is 18.7. The Bertz CT molecular complexity index is 966. The quantitative estimate of drug-likeness (QED) is 0.557. The normalized spacial score (nSPS) is 10.4. The van der Waals surface area contributed by atoms with Gasteiger partial charge in [0.1, 0.15) is 5.75 Å². The van der Waals surface area contributed by atoms with Crippen LogP contribution in [0.5, 0.6) is 5.75 Å². The molecule has 3 rings (SSSR count). The van der Waals surface area contributed by atoms with E-state index in [1.165, 1.54) is 16.8 Å². The predicted octanol–water partition coefficient (Wildman–Crippen LogP) is 2.74. The van der Waals surface area contributed by atoms with Crippen LogP contribution in [0, 0.1) is 17.0 Å². The lowest BCUT2D eigenvalue weighted by Gasteiger charge is -2.06. The highest BCUT2D eigenvalue weighted by Crippen LogP contribution is 2.20. The van der Waals surface area contributed by atoms with Crippen molar-refractivity contribution in [1.82, 2.24) is 15.0 Å². The van der Waals surface area contributed by atoms with Crippen molar-refractivity contribution >= 4 is 17.3 Å². The molecule has 1 amide bonds. The number of nitro groups is 1. The highest BCUT2D eigenvalue weighted by Gasteiger charge is 2.18. The number of anilines is 1. The molecular formula is C17H15N5O4. The Morgan fingerprint density at radius 1 is 1.23 bits per heavy atom. The third kappa shape index (κ3) is 3.36. The van der Waals surface area contributed by atoms with Gasteiger partial charge in [-0.05, 0) is 37.3 Å². The lowest BCUT2D eigenvalue weighted by Crippen LogP contribution is -2.14. The molecular weight excluding hydrogens is 338 g/mol. The van der Waals surface area contributed by atoms with Gasteiger partial charge in [0.25, 0.3) is 11.6 Å². The molecule has 0 bridgehead atoms. The summed E-state index contributed by atoms with van der Waals surface area (Å²) in [5, 5.41) is 21.5. The number of amides is 1. The summed E-state index contributed by atoms with van der Waals surface area (Å²) in [5.41, 5.74) is 1.57. The van der Waals surface area contributed by atoms with E-state index < -0.39 is 10.8 Å². The summed E-state index contributed by atoms with van der Waals surface area (Å²) < 4.78 is 6.46. The molecule has 2 aromatic carbocycles. The second-order valence-electron chi connectivity index (χ2n) is 5.39. The largest absolute Gasteiger partial charge is 0.497 e. The fraction of sp³-hybridized carbons (Fsp3) is 0.118. The van der Waals surface area contributed by atoms with Crippen LogP contribution in [0.15, 0.2) is 48.5 Å². The summed E-state index contributed by atoms with van der Waals surface area (Å²) in [5.74, 6) is 0.250. The van der Waals surface area contributed by atoms with Crippen LogP contribution in [0.2, 0.25) is 0 Å². The summed E-state index contributed by atoms with van der Waals surface area (Å²) >= 11 is 0. The first-order chi connectivity index (χ1) is 12.5. The van der Waals surface area contributed by atoms with Crippen LogP contribution in [-0.4, -0.2) is 32.9 Å². The molecule has 0 spiro atoms. The molecule has 1 heterocycles. The van der Waals surface area contributed by atoms with E-state index in [0.29, 0.717) is 22.8 Å². The van der Waals surface area contributed by atoms with Gasteiger partial charge in [-0.2, -0.15) is 0 Å². The van der Waals surface area contributed by atoms with Crippen LogP contribution >= 0.6 is 0 Å². The number of methoxy groups -OCH3 is 1. The van der Waals surface area contributed by atoms with Gasteiger partial charge in [-0.15, -0.1) is 5.10 Å². The van der Waals surface area contributed by atoms with E-state index >= 15 is 0 Å². The van der Waals surface area contributed by atoms with Crippen LogP contribution in [0.4, 0.5) is 11.4 Å². The topological polar surface area (TPSA) is 112 Å². The SMILES string of the molecule is COc1ccc(NC(=O)c2nnn(-c3cccc([N+](=O)[O-])c3)c2C)cc1. The second-order valence-corrected chi connectivity index (χ2v) is 5.39. The van der Waals surface area contributed by atoms with Crippen molar-refractivity contribution in [2.45, 2.75) is 6.92 Å². The van der Waals surface area contributed by atoms with Crippen LogP contribution in [0.25, 0.3) is 5.69 Å². The number of aromatic nitrogens is 3. The van der Waals surface area contributed by atoms with Crippen LogP contribution in [0.3, 0.4) is 0 Å². The summed E-state index contributed by atoms with van der Waals surface area (Å²) in [6.07, 6.45) is 0. The van der Waals surface area contributed by atoms with Gasteiger partial charge in [-0.1, -0.05) is 11.3 Å². The van der Waals surface area contributed by atoms with E-state index in [4.69, 9.17) is 4.74 Å². The average molecular weight is 353 g/mol. The molecule has 0 aliphatic heterocycles. The van der Waals surface area contributed by atoms with Crippen molar-refractivity contribution in [1.29, 1.82) is 0 Å². The smallest absolute Gasteiger partial charge is 0.278 e.